The van der Waals surface area contributed by atoms with Gasteiger partial charge in [-0.1, -0.05) is 0 Å². The number of nitro groups is 1. The number of hydrogen-bond acceptors (Lipinski definition) is 5. The molecule has 0 amide bonds. The van der Waals surface area contributed by atoms with Crippen molar-refractivity contribution in [2.24, 2.45) is 0 Å². The molecule has 1 saturated heterocycles. The van der Waals surface area contributed by atoms with Crippen LogP contribution < -0.4 is 4.90 Å². The Morgan fingerprint density at radius 3 is 2.67 bits per heavy atom. The van der Waals surface area contributed by atoms with Crippen LogP contribution in [-0.4, -0.2) is 54.1 Å². The van der Waals surface area contributed by atoms with E-state index < -0.39 is 28.0 Å². The lowest BCUT2D eigenvalue weighted by Crippen LogP contribution is -2.31. The van der Waals surface area contributed by atoms with Crippen molar-refractivity contribution < 1.29 is 19.2 Å². The van der Waals surface area contributed by atoms with Crippen molar-refractivity contribution >= 4 is 17.3 Å². The topological polar surface area (TPSA) is 86.9 Å². The van der Waals surface area contributed by atoms with Crippen LogP contribution in [0.4, 0.5) is 15.8 Å². The molecule has 0 aliphatic carbocycles. The summed E-state index contributed by atoms with van der Waals surface area (Å²) in [6.45, 7) is 1.14. The van der Waals surface area contributed by atoms with Crippen LogP contribution in [0.5, 0.6) is 0 Å². The van der Waals surface area contributed by atoms with Crippen LogP contribution in [0.2, 0.25) is 0 Å². The van der Waals surface area contributed by atoms with Crippen LogP contribution in [0.25, 0.3) is 0 Å². The summed E-state index contributed by atoms with van der Waals surface area (Å²) in [6, 6.07) is 1.98. The molecule has 114 valence electrons. The zero-order chi connectivity index (χ0) is 15.7. The number of hydrogen-bond donors (Lipinski definition) is 1. The molecule has 1 unspecified atom stereocenters. The standard InChI is InChI=1S/C13H16FN3O4/c1-15(2)8-3-4-16(7-8)12-5-9(13(18)19)11(17(20)21)6-10(12)14/h5-6,8H,3-4,7H2,1-2H3,(H,18,19). The van der Waals surface area contributed by atoms with Gasteiger partial charge in [0.25, 0.3) is 5.69 Å². The first kappa shape index (κ1) is 15.2. The smallest absolute Gasteiger partial charge is 0.342 e. The van der Waals surface area contributed by atoms with Gasteiger partial charge in [0, 0.05) is 19.1 Å². The number of rotatable bonds is 4. The highest BCUT2D eigenvalue weighted by molar-refractivity contribution is 5.93. The number of carboxylic acid groups (broad SMARTS) is 1. The quantitative estimate of drug-likeness (QED) is 0.670. The molecule has 1 atom stereocenters. The lowest BCUT2D eigenvalue weighted by Gasteiger charge is -2.22. The van der Waals surface area contributed by atoms with Gasteiger partial charge in [-0.3, -0.25) is 10.1 Å². The Kier molecular flexibility index (Phi) is 4.08. The second-order valence-electron chi connectivity index (χ2n) is 5.24. The van der Waals surface area contributed by atoms with E-state index in [1.165, 1.54) is 0 Å². The predicted molar refractivity (Wildman–Crippen MR) is 74.3 cm³/mol. The van der Waals surface area contributed by atoms with Crippen molar-refractivity contribution in [2.45, 2.75) is 12.5 Å². The lowest BCUT2D eigenvalue weighted by atomic mass is 10.1. The van der Waals surface area contributed by atoms with Crippen LogP contribution in [-0.2, 0) is 0 Å². The maximum atomic E-state index is 14.1. The monoisotopic (exact) mass is 297 g/mol. The van der Waals surface area contributed by atoms with E-state index in [1.807, 2.05) is 19.0 Å². The number of anilines is 1. The van der Waals surface area contributed by atoms with E-state index in [-0.39, 0.29) is 11.7 Å². The average Bonchev–Trinajstić information content (AvgIpc) is 2.87. The normalized spacial score (nSPS) is 18.3. The van der Waals surface area contributed by atoms with Crippen molar-refractivity contribution in [1.29, 1.82) is 0 Å². The van der Waals surface area contributed by atoms with Crippen molar-refractivity contribution in [1.82, 2.24) is 4.90 Å². The molecule has 0 bridgehead atoms. The highest BCUT2D eigenvalue weighted by Gasteiger charge is 2.29. The highest BCUT2D eigenvalue weighted by atomic mass is 19.1. The Morgan fingerprint density at radius 2 is 2.19 bits per heavy atom. The first-order chi connectivity index (χ1) is 9.81. The number of nitro benzene ring substituents is 1. The summed E-state index contributed by atoms with van der Waals surface area (Å²) < 4.78 is 14.1. The maximum Gasteiger partial charge on any atom is 0.342 e. The number of aromatic carboxylic acids is 1. The van der Waals surface area contributed by atoms with E-state index in [0.717, 1.165) is 12.5 Å². The van der Waals surface area contributed by atoms with E-state index in [9.17, 15) is 19.3 Å². The van der Waals surface area contributed by atoms with Gasteiger partial charge in [0.15, 0.2) is 5.82 Å². The fourth-order valence-corrected chi connectivity index (χ4v) is 2.50. The lowest BCUT2D eigenvalue weighted by molar-refractivity contribution is -0.385. The molecule has 1 heterocycles. The molecular formula is C13H16FN3O4. The van der Waals surface area contributed by atoms with Gasteiger partial charge in [0.05, 0.1) is 16.7 Å². The summed E-state index contributed by atoms with van der Waals surface area (Å²) in [5, 5.41) is 19.9. The van der Waals surface area contributed by atoms with E-state index in [2.05, 4.69) is 0 Å². The second-order valence-corrected chi connectivity index (χ2v) is 5.24. The first-order valence-electron chi connectivity index (χ1n) is 6.44. The van der Waals surface area contributed by atoms with Crippen molar-refractivity contribution in [3.05, 3.63) is 33.6 Å². The molecule has 2 rings (SSSR count). The SMILES string of the molecule is CN(C)C1CCN(c2cc(C(=O)O)c([N+](=O)[O-])cc2F)C1. The van der Waals surface area contributed by atoms with E-state index >= 15 is 0 Å². The van der Waals surface area contributed by atoms with Gasteiger partial charge in [-0.15, -0.1) is 0 Å². The van der Waals surface area contributed by atoms with Crippen LogP contribution in [0.3, 0.4) is 0 Å². The molecule has 1 aromatic carbocycles. The molecular weight excluding hydrogens is 281 g/mol. The molecule has 1 N–H and O–H groups in total. The molecule has 7 nitrogen and oxygen atoms in total. The molecule has 0 radical (unpaired) electrons. The fourth-order valence-electron chi connectivity index (χ4n) is 2.50. The number of halogens is 1. The highest BCUT2D eigenvalue weighted by Crippen LogP contribution is 2.31. The molecule has 1 aromatic rings. The molecule has 1 aliphatic heterocycles. The number of carboxylic acids is 1. The van der Waals surface area contributed by atoms with Crippen molar-refractivity contribution in [3.63, 3.8) is 0 Å². The number of carbonyl (C=O) groups is 1. The number of likely N-dealkylation sites (N-methyl/N-ethyl adjacent to an activating group) is 1. The molecule has 21 heavy (non-hydrogen) atoms. The Balaban J connectivity index is 2.39. The van der Waals surface area contributed by atoms with Gasteiger partial charge in [-0.05, 0) is 26.6 Å². The Hall–Kier alpha value is -2.22. The first-order valence-corrected chi connectivity index (χ1v) is 6.44. The fraction of sp³-hybridized carbons (Fsp3) is 0.462. The van der Waals surface area contributed by atoms with Gasteiger partial charge < -0.3 is 14.9 Å². The summed E-state index contributed by atoms with van der Waals surface area (Å²) in [7, 11) is 3.84. The van der Waals surface area contributed by atoms with Gasteiger partial charge in [0.1, 0.15) is 5.56 Å². The summed E-state index contributed by atoms with van der Waals surface area (Å²) in [4.78, 5) is 24.8. The summed E-state index contributed by atoms with van der Waals surface area (Å²) >= 11 is 0. The van der Waals surface area contributed by atoms with Crippen molar-refractivity contribution in [3.8, 4) is 0 Å². The number of nitrogens with zero attached hydrogens (tertiary/aromatic N) is 3. The van der Waals surface area contributed by atoms with Gasteiger partial charge >= 0.3 is 5.97 Å². The third kappa shape index (κ3) is 2.94. The minimum Gasteiger partial charge on any atom is -0.477 e. The Bertz CT molecular complexity index is 591. The zero-order valence-electron chi connectivity index (χ0n) is 11.7. The molecule has 0 saturated carbocycles. The van der Waals surface area contributed by atoms with Crippen LogP contribution in [0, 0.1) is 15.9 Å². The summed E-state index contributed by atoms with van der Waals surface area (Å²) in [6.07, 6.45) is 0.825. The van der Waals surface area contributed by atoms with Crippen LogP contribution in [0.15, 0.2) is 12.1 Å². The molecule has 0 spiro atoms. The third-order valence-corrected chi connectivity index (χ3v) is 3.73. The van der Waals surface area contributed by atoms with E-state index in [4.69, 9.17) is 5.11 Å². The average molecular weight is 297 g/mol. The Morgan fingerprint density at radius 1 is 1.52 bits per heavy atom. The largest absolute Gasteiger partial charge is 0.477 e. The van der Waals surface area contributed by atoms with Crippen LogP contribution in [0.1, 0.15) is 16.8 Å². The molecule has 8 heteroatoms. The summed E-state index contributed by atoms with van der Waals surface area (Å²) in [5.74, 6) is -2.21. The maximum absolute atomic E-state index is 14.1. The molecule has 1 fully saturated rings. The second kappa shape index (κ2) is 5.65. The van der Waals surface area contributed by atoms with Gasteiger partial charge in [-0.2, -0.15) is 0 Å². The molecule has 1 aliphatic rings. The molecule has 0 aromatic heterocycles. The van der Waals surface area contributed by atoms with E-state index in [0.29, 0.717) is 19.2 Å². The number of benzene rings is 1. The van der Waals surface area contributed by atoms with Gasteiger partial charge in [0.2, 0.25) is 0 Å². The summed E-state index contributed by atoms with van der Waals surface area (Å²) in [5.41, 5.74) is -1.13. The minimum absolute atomic E-state index is 0.0994. The zero-order valence-corrected chi connectivity index (χ0v) is 11.7. The minimum atomic E-state index is -1.44. The Labute approximate surface area is 120 Å². The van der Waals surface area contributed by atoms with E-state index in [1.54, 1.807) is 4.90 Å². The van der Waals surface area contributed by atoms with Crippen LogP contribution >= 0.6 is 0 Å². The predicted octanol–water partition coefficient (Wildman–Crippen LogP) is 1.57. The third-order valence-electron chi connectivity index (χ3n) is 3.73. The van der Waals surface area contributed by atoms with Crippen molar-refractivity contribution in [2.75, 3.05) is 32.1 Å². The van der Waals surface area contributed by atoms with Gasteiger partial charge in [-0.25, -0.2) is 9.18 Å².